The molecule has 2 aliphatic heterocycles. The summed E-state index contributed by atoms with van der Waals surface area (Å²) in [7, 11) is 2.15. The number of hydrogen-bond acceptors (Lipinski definition) is 24. The van der Waals surface area contributed by atoms with Gasteiger partial charge < -0.3 is 119 Å². The van der Waals surface area contributed by atoms with Gasteiger partial charge in [-0.25, -0.2) is 14.4 Å². The molecule has 62 heavy (non-hydrogen) atoms. The van der Waals surface area contributed by atoms with Crippen LogP contribution in [0.2, 0.25) is 0 Å². The summed E-state index contributed by atoms with van der Waals surface area (Å²) in [6, 6.07) is 0. The topological polar surface area (TPSA) is 427 Å². The minimum atomic E-state index is -2.42. The van der Waals surface area contributed by atoms with E-state index in [1.165, 1.54) is 22.6 Å². The monoisotopic (exact) mass is 1140 g/mol. The lowest BCUT2D eigenvalue weighted by Crippen LogP contribution is -2.66. The lowest BCUT2D eigenvalue weighted by atomic mass is 9.91. The van der Waals surface area contributed by atoms with Crippen molar-refractivity contribution in [2.45, 2.75) is 125 Å². The molecule has 2 heterocycles. The standard InChI is InChI=1S/C33H56I2O27/c1-33(57-10-17(43)44,32(35)62-24(11(34)6-55-8-15(39)40)18(45)21(48)29(52)54-3)28(51)25(12(38)4-36)60-30-23(50)20(47)27(13(5-37)58-30)61-31-22(49)19(46)26(53-2)14(59-31)7-56-9-16(41)42/h11-14,18-32,36-38,45-52H,4-10H2,1-3H3,(H,39,40)(H,41,42)(H,43,44)/t11-,12?,13-,14?,18?,19?,20?,21?,22-,23?,24+,25+,26+,27+,28?,29-,30-,31-,32-,33-/m0/s1. The fourth-order valence-corrected chi connectivity index (χ4v) is 7.90. The average Bonchev–Trinajstić information content (AvgIpc) is 3.23. The molecular formula is C33H56I2O27. The summed E-state index contributed by atoms with van der Waals surface area (Å²) in [6.07, 6.45) is -32.5. The number of aliphatic carboxylic acids is 3. The van der Waals surface area contributed by atoms with E-state index in [0.717, 1.165) is 21.1 Å². The Bertz CT molecular complexity index is 1350. The van der Waals surface area contributed by atoms with Crippen LogP contribution in [0.25, 0.3) is 0 Å². The second kappa shape index (κ2) is 27.0. The van der Waals surface area contributed by atoms with Gasteiger partial charge in [-0.15, -0.1) is 0 Å². The Labute approximate surface area is 380 Å². The van der Waals surface area contributed by atoms with E-state index in [-0.39, 0.29) is 0 Å². The van der Waals surface area contributed by atoms with Crippen LogP contribution in [-0.2, 0) is 61.8 Å². The lowest BCUT2D eigenvalue weighted by molar-refractivity contribution is -0.370. The molecule has 27 nitrogen and oxygen atoms in total. The van der Waals surface area contributed by atoms with Crippen LogP contribution in [0.4, 0.5) is 0 Å². The molecule has 0 aromatic rings. The van der Waals surface area contributed by atoms with Gasteiger partial charge in [-0.2, -0.15) is 0 Å². The molecule has 0 aromatic carbocycles. The molecule has 2 aliphatic rings. The van der Waals surface area contributed by atoms with Gasteiger partial charge >= 0.3 is 17.9 Å². The highest BCUT2D eigenvalue weighted by Gasteiger charge is 2.55. The zero-order chi connectivity index (χ0) is 47.2. The number of methoxy groups -OCH3 is 2. The molecule has 14 N–H and O–H groups in total. The first-order chi connectivity index (χ1) is 29.0. The molecule has 2 rings (SSSR count). The summed E-state index contributed by atoms with van der Waals surface area (Å²) in [5.74, 6) is -4.29. The van der Waals surface area contributed by atoms with E-state index in [2.05, 4.69) is 4.74 Å². The zero-order valence-corrected chi connectivity index (χ0v) is 37.6. The van der Waals surface area contributed by atoms with Crippen molar-refractivity contribution >= 4 is 63.1 Å². The molecular weight excluding hydrogens is 1080 g/mol. The molecule has 2 fully saturated rings. The number of ether oxygens (including phenoxy) is 10. The molecule has 8 unspecified atom stereocenters. The average molecular weight is 1140 g/mol. The molecule has 20 atom stereocenters. The van der Waals surface area contributed by atoms with Crippen molar-refractivity contribution in [3.63, 3.8) is 0 Å². The fourth-order valence-electron chi connectivity index (χ4n) is 6.17. The largest absolute Gasteiger partial charge is 0.480 e. The normalized spacial score (nSPS) is 32.3. The van der Waals surface area contributed by atoms with Crippen molar-refractivity contribution in [2.24, 2.45) is 0 Å². The van der Waals surface area contributed by atoms with Gasteiger partial charge in [0.25, 0.3) is 0 Å². The Morgan fingerprint density at radius 2 is 1.27 bits per heavy atom. The third-order valence-corrected chi connectivity index (χ3v) is 12.2. The highest BCUT2D eigenvalue weighted by atomic mass is 127. The van der Waals surface area contributed by atoms with Crippen LogP contribution in [0.5, 0.6) is 0 Å². The van der Waals surface area contributed by atoms with E-state index in [1.54, 1.807) is 22.6 Å². The molecule has 0 spiro atoms. The SMILES string of the molecule is CO[C@@H]1C(COCC(=O)O)O[C@@H](O[C@H]2C(O)C(O)[C@H](O[C@H](C(O)CO)C(O)[C@](C)(OCC(=O)O)[C@@H](I)O[C@@H](C(O)C(O)[C@@H](O)OC)[C@@H](I)COCC(=O)O)O[C@H]2CO)[C@@H](O)C1O. The summed E-state index contributed by atoms with van der Waals surface area (Å²) >= 11 is 3.13. The number of aliphatic hydroxyl groups is 11. The molecule has 0 aromatic heterocycles. The van der Waals surface area contributed by atoms with Crippen molar-refractivity contribution in [3.05, 3.63) is 0 Å². The Hall–Kier alpha value is -0.970. The van der Waals surface area contributed by atoms with Crippen LogP contribution >= 0.6 is 45.2 Å². The Kier molecular flexibility index (Phi) is 24.9. The summed E-state index contributed by atoms with van der Waals surface area (Å²) in [4.78, 5) is 33.7. The van der Waals surface area contributed by atoms with Gasteiger partial charge in [0.15, 0.2) is 18.9 Å². The highest BCUT2D eigenvalue weighted by molar-refractivity contribution is 14.1. The molecule has 364 valence electrons. The van der Waals surface area contributed by atoms with Crippen LogP contribution < -0.4 is 0 Å². The number of carboxylic acid groups (broad SMARTS) is 3. The van der Waals surface area contributed by atoms with Gasteiger partial charge in [-0.05, 0) is 29.5 Å². The molecule has 0 saturated carbocycles. The van der Waals surface area contributed by atoms with Crippen LogP contribution in [0.1, 0.15) is 6.92 Å². The molecule has 2 saturated heterocycles. The van der Waals surface area contributed by atoms with Crippen molar-refractivity contribution in [3.8, 4) is 0 Å². The van der Waals surface area contributed by atoms with E-state index in [9.17, 15) is 75.7 Å². The van der Waals surface area contributed by atoms with E-state index in [0.29, 0.717) is 0 Å². The number of hydrogen-bond donors (Lipinski definition) is 14. The van der Waals surface area contributed by atoms with Crippen LogP contribution in [0.3, 0.4) is 0 Å². The van der Waals surface area contributed by atoms with Gasteiger partial charge in [-0.1, -0.05) is 22.6 Å². The van der Waals surface area contributed by atoms with Gasteiger partial charge in [-0.3, -0.25) is 0 Å². The minimum absolute atomic E-state index is 0.462. The van der Waals surface area contributed by atoms with E-state index in [4.69, 9.17) is 52.8 Å². The molecule has 0 aliphatic carbocycles. The van der Waals surface area contributed by atoms with Crippen molar-refractivity contribution < 1.29 is 133 Å². The molecule has 0 amide bonds. The number of halogens is 2. The number of rotatable bonds is 29. The Balaban J connectivity index is 2.45. The van der Waals surface area contributed by atoms with Gasteiger partial charge in [0.1, 0.15) is 115 Å². The Morgan fingerprint density at radius 1 is 0.726 bits per heavy atom. The summed E-state index contributed by atoms with van der Waals surface area (Å²) < 4.78 is 51.4. The van der Waals surface area contributed by atoms with Crippen molar-refractivity contribution in [1.82, 2.24) is 0 Å². The van der Waals surface area contributed by atoms with Crippen molar-refractivity contribution in [2.75, 3.05) is 60.5 Å². The maximum atomic E-state index is 11.9. The lowest BCUT2D eigenvalue weighted by Gasteiger charge is -2.48. The first-order valence-electron chi connectivity index (χ1n) is 18.4. The summed E-state index contributed by atoms with van der Waals surface area (Å²) in [5.41, 5.74) is -2.42. The van der Waals surface area contributed by atoms with Crippen molar-refractivity contribution in [1.29, 1.82) is 0 Å². The van der Waals surface area contributed by atoms with Crippen LogP contribution in [0.15, 0.2) is 0 Å². The zero-order valence-electron chi connectivity index (χ0n) is 33.2. The first-order valence-corrected chi connectivity index (χ1v) is 20.9. The van der Waals surface area contributed by atoms with Crippen LogP contribution in [0, 0.1) is 0 Å². The second-order valence-corrected chi connectivity index (χ2v) is 16.8. The third-order valence-electron chi connectivity index (χ3n) is 9.60. The number of aliphatic hydroxyl groups excluding tert-OH is 11. The molecule has 0 radical (unpaired) electrons. The predicted molar refractivity (Wildman–Crippen MR) is 212 cm³/mol. The van der Waals surface area contributed by atoms with Gasteiger partial charge in [0, 0.05) is 14.2 Å². The first kappa shape index (κ1) is 57.2. The van der Waals surface area contributed by atoms with Gasteiger partial charge in [0.05, 0.1) is 30.4 Å². The number of carbonyl (C=O) groups is 3. The predicted octanol–water partition coefficient (Wildman–Crippen LogP) is -6.93. The van der Waals surface area contributed by atoms with Gasteiger partial charge in [0.2, 0.25) is 0 Å². The van der Waals surface area contributed by atoms with E-state index < -0.39 is 182 Å². The highest BCUT2D eigenvalue weighted by Crippen LogP contribution is 2.37. The van der Waals surface area contributed by atoms with Crippen LogP contribution in [-0.4, -0.2) is 268 Å². The minimum Gasteiger partial charge on any atom is -0.480 e. The molecule has 29 heteroatoms. The summed E-state index contributed by atoms with van der Waals surface area (Å²) in [5, 5.41) is 146. The fraction of sp³-hybridized carbons (Fsp3) is 0.909. The molecule has 0 bridgehead atoms. The summed E-state index contributed by atoms with van der Waals surface area (Å²) in [6.45, 7) is -4.88. The number of alkyl halides is 2. The van der Waals surface area contributed by atoms with E-state index >= 15 is 0 Å². The maximum Gasteiger partial charge on any atom is 0.329 e. The van der Waals surface area contributed by atoms with E-state index in [1.807, 2.05) is 0 Å². The smallest absolute Gasteiger partial charge is 0.329 e. The third kappa shape index (κ3) is 15.6. The quantitative estimate of drug-likeness (QED) is 0.0188. The number of carboxylic acids is 3. The maximum absolute atomic E-state index is 11.9. The Morgan fingerprint density at radius 3 is 1.81 bits per heavy atom. The second-order valence-electron chi connectivity index (χ2n) is 14.1.